The number of hydrogen-bond donors (Lipinski definition) is 0. The number of sulfonamides is 1. The van der Waals surface area contributed by atoms with E-state index < -0.39 is 22.0 Å². The van der Waals surface area contributed by atoms with Gasteiger partial charge in [-0.1, -0.05) is 18.2 Å². The number of carbonyl (C=O) groups is 2. The summed E-state index contributed by atoms with van der Waals surface area (Å²) in [5.74, 6) is -0.806. The summed E-state index contributed by atoms with van der Waals surface area (Å²) in [6.07, 6.45) is 2.07. The number of carbonyl (C=O) groups excluding carboxylic acids is 2. The maximum absolute atomic E-state index is 12.7. The Morgan fingerprint density at radius 1 is 1.24 bits per heavy atom. The molecule has 0 spiro atoms. The Bertz CT molecular complexity index is 713. The van der Waals surface area contributed by atoms with E-state index >= 15 is 0 Å². The Labute approximate surface area is 123 Å². The zero-order valence-corrected chi connectivity index (χ0v) is 12.5. The Kier molecular flexibility index (Phi) is 3.24. The molecule has 21 heavy (non-hydrogen) atoms. The van der Waals surface area contributed by atoms with Gasteiger partial charge in [-0.3, -0.25) is 9.59 Å². The lowest BCUT2D eigenvalue weighted by Crippen LogP contribution is -2.48. The third-order valence-electron chi connectivity index (χ3n) is 3.96. The molecule has 1 saturated heterocycles. The Balaban J connectivity index is 1.92. The number of amides is 2. The van der Waals surface area contributed by atoms with Gasteiger partial charge in [0.25, 0.3) is 5.91 Å². The molecule has 1 atom stereocenters. The van der Waals surface area contributed by atoms with Gasteiger partial charge in [0, 0.05) is 18.7 Å². The molecule has 3 rings (SSSR count). The smallest absolute Gasteiger partial charge is 0.251 e. The van der Waals surface area contributed by atoms with E-state index in [1.54, 1.807) is 4.90 Å². The molecule has 2 aliphatic heterocycles. The highest BCUT2D eigenvalue weighted by Gasteiger charge is 2.44. The topological polar surface area (TPSA) is 74.8 Å². The predicted octanol–water partition coefficient (Wildman–Crippen LogP) is 0.526. The minimum absolute atomic E-state index is 0.0962. The Hall–Kier alpha value is -1.89. The summed E-state index contributed by atoms with van der Waals surface area (Å²) in [6.45, 7) is 0.528. The van der Waals surface area contributed by atoms with Crippen molar-refractivity contribution in [3.05, 3.63) is 29.8 Å². The van der Waals surface area contributed by atoms with Crippen molar-refractivity contribution in [1.82, 2.24) is 4.31 Å². The summed E-state index contributed by atoms with van der Waals surface area (Å²) in [6, 6.07) is 6.66. The summed E-state index contributed by atoms with van der Waals surface area (Å²) >= 11 is 0. The molecule has 0 saturated carbocycles. The quantitative estimate of drug-likeness (QED) is 0.798. The largest absolute Gasteiger partial charge is 0.310 e. The molecule has 0 aromatic heterocycles. The molecule has 2 heterocycles. The van der Waals surface area contributed by atoms with Crippen molar-refractivity contribution in [1.29, 1.82) is 0 Å². The molecule has 0 radical (unpaired) electrons. The minimum Gasteiger partial charge on any atom is -0.310 e. The van der Waals surface area contributed by atoms with Crippen molar-refractivity contribution in [2.75, 3.05) is 17.7 Å². The van der Waals surface area contributed by atoms with Crippen LogP contribution in [0.3, 0.4) is 0 Å². The number of anilines is 1. The van der Waals surface area contributed by atoms with Gasteiger partial charge in [-0.2, -0.15) is 0 Å². The van der Waals surface area contributed by atoms with E-state index in [1.165, 1.54) is 0 Å². The lowest BCUT2D eigenvalue weighted by Gasteiger charge is -2.26. The second-order valence-electron chi connectivity index (χ2n) is 5.38. The molecular weight excluding hydrogens is 292 g/mol. The van der Waals surface area contributed by atoms with E-state index in [0.29, 0.717) is 6.54 Å². The fourth-order valence-corrected chi connectivity index (χ4v) is 4.17. The normalized spacial score (nSPS) is 21.8. The number of fused-ring (bicyclic) bond motifs is 1. The highest BCUT2D eigenvalue weighted by molar-refractivity contribution is 7.89. The van der Waals surface area contributed by atoms with E-state index in [4.69, 9.17) is 0 Å². The molecule has 0 N–H and O–H groups in total. The molecule has 7 heteroatoms. The van der Waals surface area contributed by atoms with Gasteiger partial charge in [0.2, 0.25) is 15.9 Å². The van der Waals surface area contributed by atoms with Crippen LogP contribution >= 0.6 is 0 Å². The summed E-state index contributed by atoms with van der Waals surface area (Å²) < 4.78 is 24.3. The van der Waals surface area contributed by atoms with Crippen molar-refractivity contribution < 1.29 is 18.0 Å². The third kappa shape index (κ3) is 2.31. The average Bonchev–Trinajstić information content (AvgIpc) is 3.00. The predicted molar refractivity (Wildman–Crippen MR) is 77.2 cm³/mol. The van der Waals surface area contributed by atoms with Crippen LogP contribution in [0.25, 0.3) is 0 Å². The van der Waals surface area contributed by atoms with E-state index in [1.807, 2.05) is 24.3 Å². The lowest BCUT2D eigenvalue weighted by molar-refractivity contribution is -0.129. The standard InChI is InChI=1S/C14H16N2O4S/c1-21(19,20)16-12(6-7-13(16)17)14(18)15-9-8-10-4-2-3-5-11(10)15/h2-5,12H,6-9H2,1H3. The molecule has 0 bridgehead atoms. The Morgan fingerprint density at radius 3 is 2.67 bits per heavy atom. The average molecular weight is 308 g/mol. The van der Waals surface area contributed by atoms with Crippen molar-refractivity contribution >= 4 is 27.5 Å². The SMILES string of the molecule is CS(=O)(=O)N1C(=O)CCC1C(=O)N1CCc2ccccc21. The first-order valence-electron chi connectivity index (χ1n) is 6.81. The molecule has 6 nitrogen and oxygen atoms in total. The summed E-state index contributed by atoms with van der Waals surface area (Å²) in [4.78, 5) is 26.0. The molecule has 1 aromatic carbocycles. The van der Waals surface area contributed by atoms with E-state index in [2.05, 4.69) is 0 Å². The van der Waals surface area contributed by atoms with Crippen LogP contribution in [-0.4, -0.2) is 43.4 Å². The van der Waals surface area contributed by atoms with Crippen molar-refractivity contribution in [2.45, 2.75) is 25.3 Å². The molecule has 1 aromatic rings. The van der Waals surface area contributed by atoms with Crippen molar-refractivity contribution in [2.24, 2.45) is 0 Å². The number of hydrogen-bond acceptors (Lipinski definition) is 4. The van der Waals surface area contributed by atoms with Gasteiger partial charge in [-0.25, -0.2) is 12.7 Å². The maximum atomic E-state index is 12.7. The minimum atomic E-state index is -3.72. The second-order valence-corrected chi connectivity index (χ2v) is 7.24. The van der Waals surface area contributed by atoms with Crippen LogP contribution in [0.5, 0.6) is 0 Å². The van der Waals surface area contributed by atoms with Crippen molar-refractivity contribution in [3.8, 4) is 0 Å². The van der Waals surface area contributed by atoms with Crippen LogP contribution in [0, 0.1) is 0 Å². The van der Waals surface area contributed by atoms with Gasteiger partial charge in [-0.05, 0) is 24.5 Å². The van der Waals surface area contributed by atoms with Crippen LogP contribution in [0.2, 0.25) is 0 Å². The highest BCUT2D eigenvalue weighted by atomic mass is 32.2. The van der Waals surface area contributed by atoms with Crippen molar-refractivity contribution in [3.63, 3.8) is 0 Å². The summed E-state index contributed by atoms with van der Waals surface area (Å²) in [5, 5.41) is 0. The first kappa shape index (κ1) is 14.1. The first-order chi connectivity index (χ1) is 9.89. The van der Waals surface area contributed by atoms with Gasteiger partial charge < -0.3 is 4.90 Å². The zero-order chi connectivity index (χ0) is 15.2. The lowest BCUT2D eigenvalue weighted by atomic mass is 10.1. The summed E-state index contributed by atoms with van der Waals surface area (Å²) in [5.41, 5.74) is 1.89. The molecule has 1 fully saturated rings. The molecule has 1 unspecified atom stereocenters. The molecule has 2 aliphatic rings. The Morgan fingerprint density at radius 2 is 1.95 bits per heavy atom. The van der Waals surface area contributed by atoms with E-state index in [0.717, 1.165) is 28.2 Å². The zero-order valence-electron chi connectivity index (χ0n) is 11.7. The molecule has 0 aliphatic carbocycles. The fourth-order valence-electron chi connectivity index (χ4n) is 3.05. The number of benzene rings is 1. The van der Waals surface area contributed by atoms with E-state index in [9.17, 15) is 18.0 Å². The van der Waals surface area contributed by atoms with Crippen LogP contribution in [-0.2, 0) is 26.0 Å². The van der Waals surface area contributed by atoms with Gasteiger partial charge in [0.1, 0.15) is 6.04 Å². The van der Waals surface area contributed by atoms with Gasteiger partial charge in [0.05, 0.1) is 6.26 Å². The van der Waals surface area contributed by atoms with Crippen LogP contribution in [0.15, 0.2) is 24.3 Å². The third-order valence-corrected chi connectivity index (χ3v) is 5.13. The molecule has 112 valence electrons. The summed E-state index contributed by atoms with van der Waals surface area (Å²) in [7, 11) is -3.72. The monoisotopic (exact) mass is 308 g/mol. The van der Waals surface area contributed by atoms with Crippen LogP contribution < -0.4 is 4.90 Å². The van der Waals surface area contributed by atoms with E-state index in [-0.39, 0.29) is 18.7 Å². The van der Waals surface area contributed by atoms with Gasteiger partial charge in [0.15, 0.2) is 0 Å². The van der Waals surface area contributed by atoms with Gasteiger partial charge >= 0.3 is 0 Å². The molecule has 2 amide bonds. The number of rotatable bonds is 2. The second kappa shape index (κ2) is 4.84. The number of para-hydroxylation sites is 1. The van der Waals surface area contributed by atoms with Gasteiger partial charge in [-0.15, -0.1) is 0 Å². The van der Waals surface area contributed by atoms with Crippen LogP contribution in [0.4, 0.5) is 5.69 Å². The molecular formula is C14H16N2O4S. The maximum Gasteiger partial charge on any atom is 0.251 e. The van der Waals surface area contributed by atoms with Crippen LogP contribution in [0.1, 0.15) is 18.4 Å². The highest BCUT2D eigenvalue weighted by Crippen LogP contribution is 2.31. The first-order valence-corrected chi connectivity index (χ1v) is 8.66. The number of nitrogens with zero attached hydrogens (tertiary/aromatic N) is 2. The fraction of sp³-hybridized carbons (Fsp3) is 0.429.